The van der Waals surface area contributed by atoms with Crippen LogP contribution in [-0.4, -0.2) is 18.1 Å². The Bertz CT molecular complexity index is 354. The van der Waals surface area contributed by atoms with Gasteiger partial charge in [0.15, 0.2) is 0 Å². The van der Waals surface area contributed by atoms with E-state index in [4.69, 9.17) is 4.74 Å². The summed E-state index contributed by atoms with van der Waals surface area (Å²) in [6.45, 7) is 12.7. The summed E-state index contributed by atoms with van der Waals surface area (Å²) >= 11 is 0. The number of hydrogen-bond donors (Lipinski definition) is 1. The summed E-state index contributed by atoms with van der Waals surface area (Å²) in [6, 6.07) is 4.39. The van der Waals surface area contributed by atoms with Crippen molar-refractivity contribution < 1.29 is 4.74 Å². The van der Waals surface area contributed by atoms with Gasteiger partial charge in [-0.05, 0) is 37.3 Å². The smallest absolute Gasteiger partial charge is 0.213 e. The molecule has 0 aliphatic carbocycles. The maximum Gasteiger partial charge on any atom is 0.213 e. The van der Waals surface area contributed by atoms with Gasteiger partial charge in [-0.1, -0.05) is 33.8 Å². The Balaban J connectivity index is 2.43. The Kier molecular flexibility index (Phi) is 6.29. The molecule has 1 aromatic heterocycles. The summed E-state index contributed by atoms with van der Waals surface area (Å²) in [4.78, 5) is 4.37. The molecular weight excluding hydrogens is 236 g/mol. The summed E-state index contributed by atoms with van der Waals surface area (Å²) in [5.74, 6) is 0.718. The molecule has 1 aromatic rings. The van der Waals surface area contributed by atoms with Crippen LogP contribution in [0.15, 0.2) is 18.3 Å². The minimum absolute atomic E-state index is 0.304. The second-order valence-electron chi connectivity index (χ2n) is 6.26. The standard InChI is InChI=1S/C16H28N2O/c1-6-10-17-13(2)14-7-8-15(18-12-14)19-11-9-16(3,4)5/h7-8,12-13,17H,6,9-11H2,1-5H3. The van der Waals surface area contributed by atoms with Crippen LogP contribution in [0.5, 0.6) is 5.88 Å². The van der Waals surface area contributed by atoms with Crippen molar-refractivity contribution >= 4 is 0 Å². The summed E-state index contributed by atoms with van der Waals surface area (Å²) in [6.07, 6.45) is 4.08. The third-order valence-corrected chi connectivity index (χ3v) is 3.06. The Labute approximate surface area is 117 Å². The van der Waals surface area contributed by atoms with Crippen molar-refractivity contribution in [1.29, 1.82) is 0 Å². The molecule has 1 heterocycles. The molecule has 0 saturated carbocycles. The molecule has 0 bridgehead atoms. The van der Waals surface area contributed by atoms with Crippen LogP contribution in [0, 0.1) is 5.41 Å². The Morgan fingerprint density at radius 3 is 2.58 bits per heavy atom. The van der Waals surface area contributed by atoms with Crippen molar-refractivity contribution in [3.8, 4) is 5.88 Å². The van der Waals surface area contributed by atoms with E-state index in [1.807, 2.05) is 12.3 Å². The van der Waals surface area contributed by atoms with Gasteiger partial charge < -0.3 is 10.1 Å². The molecular formula is C16H28N2O. The maximum absolute atomic E-state index is 5.67. The third kappa shape index (κ3) is 6.58. The predicted octanol–water partition coefficient (Wildman–Crippen LogP) is 3.96. The highest BCUT2D eigenvalue weighted by Crippen LogP contribution is 2.19. The average Bonchev–Trinajstić information content (AvgIpc) is 2.35. The fourth-order valence-electron chi connectivity index (χ4n) is 1.67. The van der Waals surface area contributed by atoms with Gasteiger partial charge >= 0.3 is 0 Å². The van der Waals surface area contributed by atoms with E-state index >= 15 is 0 Å². The lowest BCUT2D eigenvalue weighted by Gasteiger charge is -2.18. The first-order chi connectivity index (χ1) is 8.92. The summed E-state index contributed by atoms with van der Waals surface area (Å²) < 4.78 is 5.67. The van der Waals surface area contributed by atoms with Crippen LogP contribution >= 0.6 is 0 Å². The largest absolute Gasteiger partial charge is 0.478 e. The van der Waals surface area contributed by atoms with Crippen molar-refractivity contribution in [3.63, 3.8) is 0 Å². The highest BCUT2D eigenvalue weighted by atomic mass is 16.5. The zero-order chi connectivity index (χ0) is 14.3. The lowest BCUT2D eigenvalue weighted by molar-refractivity contribution is 0.236. The normalized spacial score (nSPS) is 13.3. The van der Waals surface area contributed by atoms with Crippen LogP contribution in [0.2, 0.25) is 0 Å². The molecule has 0 aromatic carbocycles. The highest BCUT2D eigenvalue weighted by Gasteiger charge is 2.10. The number of hydrogen-bond acceptors (Lipinski definition) is 3. The predicted molar refractivity (Wildman–Crippen MR) is 80.5 cm³/mol. The molecule has 1 atom stereocenters. The zero-order valence-corrected chi connectivity index (χ0v) is 13.0. The molecule has 0 radical (unpaired) electrons. The number of aromatic nitrogens is 1. The van der Waals surface area contributed by atoms with Crippen LogP contribution in [-0.2, 0) is 0 Å². The molecule has 0 spiro atoms. The van der Waals surface area contributed by atoms with Crippen LogP contribution in [0.3, 0.4) is 0 Å². The van der Waals surface area contributed by atoms with E-state index in [0.717, 1.165) is 31.9 Å². The molecule has 108 valence electrons. The topological polar surface area (TPSA) is 34.1 Å². The SMILES string of the molecule is CCCNC(C)c1ccc(OCCC(C)(C)C)nc1. The summed E-state index contributed by atoms with van der Waals surface area (Å²) in [5.41, 5.74) is 1.51. The molecule has 1 unspecified atom stereocenters. The lowest BCUT2D eigenvalue weighted by atomic mass is 9.93. The Morgan fingerprint density at radius 2 is 2.05 bits per heavy atom. The van der Waals surface area contributed by atoms with E-state index < -0.39 is 0 Å². The van der Waals surface area contributed by atoms with Gasteiger partial charge in [-0.2, -0.15) is 0 Å². The fourth-order valence-corrected chi connectivity index (χ4v) is 1.67. The average molecular weight is 264 g/mol. The Morgan fingerprint density at radius 1 is 1.32 bits per heavy atom. The number of nitrogens with one attached hydrogen (secondary N) is 1. The van der Waals surface area contributed by atoms with Gasteiger partial charge in [-0.15, -0.1) is 0 Å². The third-order valence-electron chi connectivity index (χ3n) is 3.06. The summed E-state index contributed by atoms with van der Waals surface area (Å²) in [7, 11) is 0. The molecule has 0 aliphatic rings. The first-order valence-corrected chi connectivity index (χ1v) is 7.24. The maximum atomic E-state index is 5.67. The highest BCUT2D eigenvalue weighted by molar-refractivity contribution is 5.20. The van der Waals surface area contributed by atoms with E-state index in [0.29, 0.717) is 11.5 Å². The van der Waals surface area contributed by atoms with Gasteiger partial charge in [0.2, 0.25) is 5.88 Å². The zero-order valence-electron chi connectivity index (χ0n) is 13.0. The van der Waals surface area contributed by atoms with E-state index in [-0.39, 0.29) is 0 Å². The number of pyridine rings is 1. The van der Waals surface area contributed by atoms with Crippen molar-refractivity contribution in [2.24, 2.45) is 5.41 Å². The van der Waals surface area contributed by atoms with Gasteiger partial charge in [0, 0.05) is 18.3 Å². The first kappa shape index (κ1) is 16.0. The second kappa shape index (κ2) is 7.49. The second-order valence-corrected chi connectivity index (χ2v) is 6.26. The van der Waals surface area contributed by atoms with E-state index in [2.05, 4.69) is 51.0 Å². The van der Waals surface area contributed by atoms with Crippen molar-refractivity contribution in [2.45, 2.75) is 53.5 Å². The van der Waals surface area contributed by atoms with Gasteiger partial charge in [-0.25, -0.2) is 4.98 Å². The minimum atomic E-state index is 0.304. The van der Waals surface area contributed by atoms with Gasteiger partial charge in [0.05, 0.1) is 6.61 Å². The molecule has 0 saturated heterocycles. The minimum Gasteiger partial charge on any atom is -0.478 e. The fraction of sp³-hybridized carbons (Fsp3) is 0.688. The number of ether oxygens (including phenoxy) is 1. The van der Waals surface area contributed by atoms with Gasteiger partial charge in [0.1, 0.15) is 0 Å². The van der Waals surface area contributed by atoms with Crippen molar-refractivity contribution in [1.82, 2.24) is 10.3 Å². The molecule has 0 fully saturated rings. The van der Waals surface area contributed by atoms with E-state index in [9.17, 15) is 0 Å². The van der Waals surface area contributed by atoms with Crippen LogP contribution < -0.4 is 10.1 Å². The molecule has 1 rings (SSSR count). The van der Waals surface area contributed by atoms with Crippen LogP contribution in [0.1, 0.15) is 59.1 Å². The molecule has 0 amide bonds. The molecule has 0 aliphatic heterocycles. The van der Waals surface area contributed by atoms with E-state index in [1.54, 1.807) is 0 Å². The molecule has 3 nitrogen and oxygen atoms in total. The lowest BCUT2D eigenvalue weighted by Crippen LogP contribution is -2.19. The van der Waals surface area contributed by atoms with Gasteiger partial charge in [-0.3, -0.25) is 0 Å². The van der Waals surface area contributed by atoms with Crippen LogP contribution in [0.4, 0.5) is 0 Å². The van der Waals surface area contributed by atoms with Crippen LogP contribution in [0.25, 0.3) is 0 Å². The number of rotatable bonds is 7. The first-order valence-electron chi connectivity index (χ1n) is 7.24. The quantitative estimate of drug-likeness (QED) is 0.809. The monoisotopic (exact) mass is 264 g/mol. The summed E-state index contributed by atoms with van der Waals surface area (Å²) in [5, 5.41) is 3.45. The van der Waals surface area contributed by atoms with Gasteiger partial charge in [0.25, 0.3) is 0 Å². The van der Waals surface area contributed by atoms with Crippen molar-refractivity contribution in [2.75, 3.05) is 13.2 Å². The Hall–Kier alpha value is -1.09. The molecule has 19 heavy (non-hydrogen) atoms. The number of nitrogens with zero attached hydrogens (tertiary/aromatic N) is 1. The molecule has 1 N–H and O–H groups in total. The van der Waals surface area contributed by atoms with E-state index in [1.165, 1.54) is 5.56 Å². The molecule has 3 heteroatoms. The van der Waals surface area contributed by atoms with Crippen molar-refractivity contribution in [3.05, 3.63) is 23.9 Å².